The van der Waals surface area contributed by atoms with Crippen molar-refractivity contribution in [3.63, 3.8) is 0 Å². The van der Waals surface area contributed by atoms with Crippen LogP contribution in [0.2, 0.25) is 0 Å². The van der Waals surface area contributed by atoms with Gasteiger partial charge in [-0.2, -0.15) is 13.2 Å². The predicted molar refractivity (Wildman–Crippen MR) is 99.9 cm³/mol. The van der Waals surface area contributed by atoms with Crippen molar-refractivity contribution >= 4 is 0 Å². The Hall–Kier alpha value is -3.06. The minimum Gasteiger partial charge on any atom is -0.484 e. The van der Waals surface area contributed by atoms with Crippen molar-refractivity contribution in [1.82, 2.24) is 4.98 Å². The summed E-state index contributed by atoms with van der Waals surface area (Å²) in [6, 6.07) is 18.0. The quantitative estimate of drug-likeness (QED) is 0.636. The number of alkyl halides is 3. The molecule has 0 bridgehead atoms. The smallest absolute Gasteiger partial charge is 0.422 e. The van der Waals surface area contributed by atoms with Crippen LogP contribution in [-0.2, 0) is 13.2 Å². The molecule has 0 saturated carbocycles. The van der Waals surface area contributed by atoms with E-state index in [0.29, 0.717) is 18.1 Å². The maximum absolute atomic E-state index is 12.3. The second-order valence-electron chi connectivity index (χ2n) is 6.09. The van der Waals surface area contributed by atoms with E-state index in [4.69, 9.17) is 15.2 Å². The molecule has 0 atom stereocenters. The van der Waals surface area contributed by atoms with Crippen LogP contribution in [0.15, 0.2) is 66.9 Å². The molecule has 146 valence electrons. The van der Waals surface area contributed by atoms with Gasteiger partial charge in [0.25, 0.3) is 0 Å². The van der Waals surface area contributed by atoms with Crippen molar-refractivity contribution in [3.05, 3.63) is 78.0 Å². The molecule has 0 aliphatic heterocycles. The van der Waals surface area contributed by atoms with Gasteiger partial charge in [0.15, 0.2) is 6.61 Å². The van der Waals surface area contributed by atoms with E-state index in [1.807, 2.05) is 36.4 Å². The Balaban J connectivity index is 1.70. The second-order valence-corrected chi connectivity index (χ2v) is 6.09. The molecule has 4 nitrogen and oxygen atoms in total. The molecule has 3 aromatic rings. The van der Waals surface area contributed by atoms with E-state index in [1.165, 1.54) is 12.1 Å². The number of benzene rings is 2. The van der Waals surface area contributed by atoms with Crippen molar-refractivity contribution in [2.75, 3.05) is 6.61 Å². The minimum atomic E-state index is -4.39. The van der Waals surface area contributed by atoms with Crippen LogP contribution >= 0.6 is 0 Å². The largest absolute Gasteiger partial charge is 0.484 e. The lowest BCUT2D eigenvalue weighted by Gasteiger charge is -2.13. The molecule has 0 spiro atoms. The Kier molecular flexibility index (Phi) is 6.16. The molecule has 1 aromatic heterocycles. The number of pyridine rings is 1. The molecule has 2 aromatic carbocycles. The molecule has 0 saturated heterocycles. The van der Waals surface area contributed by atoms with E-state index >= 15 is 0 Å². The van der Waals surface area contributed by atoms with Crippen LogP contribution in [0.4, 0.5) is 13.2 Å². The molecule has 1 heterocycles. The fourth-order valence-electron chi connectivity index (χ4n) is 2.63. The predicted octanol–water partition coefficient (Wildman–Crippen LogP) is 4.73. The zero-order chi connectivity index (χ0) is 20.0. The zero-order valence-corrected chi connectivity index (χ0v) is 14.9. The van der Waals surface area contributed by atoms with Gasteiger partial charge in [0.2, 0.25) is 5.88 Å². The second kappa shape index (κ2) is 8.75. The first kappa shape index (κ1) is 19.7. The van der Waals surface area contributed by atoms with Gasteiger partial charge in [-0.25, -0.2) is 4.98 Å². The molecular formula is C21H19F3N2O2. The molecule has 0 aliphatic rings. The monoisotopic (exact) mass is 388 g/mol. The number of hydrogen-bond donors (Lipinski definition) is 1. The standard InChI is InChI=1S/C21H19F3N2O2/c22-21(23,24)14-28-18-7-8-19(17(10-18)11-25)16-6-9-20(26-12-16)27-13-15-4-2-1-3-5-15/h1-10,12H,11,13-14,25H2. The first-order valence-electron chi connectivity index (χ1n) is 8.60. The first-order valence-corrected chi connectivity index (χ1v) is 8.60. The fraction of sp³-hybridized carbons (Fsp3) is 0.190. The Bertz CT molecular complexity index is 898. The van der Waals surface area contributed by atoms with Crippen LogP contribution in [0, 0.1) is 0 Å². The van der Waals surface area contributed by atoms with Gasteiger partial charge in [-0.3, -0.25) is 0 Å². The van der Waals surface area contributed by atoms with Crippen LogP contribution in [-0.4, -0.2) is 17.8 Å². The van der Waals surface area contributed by atoms with Gasteiger partial charge in [-0.15, -0.1) is 0 Å². The van der Waals surface area contributed by atoms with Crippen LogP contribution < -0.4 is 15.2 Å². The number of aromatic nitrogens is 1. The lowest BCUT2D eigenvalue weighted by Crippen LogP contribution is -2.19. The third kappa shape index (κ3) is 5.47. The number of nitrogens with two attached hydrogens (primary N) is 1. The van der Waals surface area contributed by atoms with Crippen molar-refractivity contribution in [2.45, 2.75) is 19.3 Å². The molecular weight excluding hydrogens is 369 g/mol. The van der Waals surface area contributed by atoms with Gasteiger partial charge >= 0.3 is 6.18 Å². The Morgan fingerprint density at radius 3 is 2.36 bits per heavy atom. The highest BCUT2D eigenvalue weighted by molar-refractivity contribution is 5.68. The molecule has 0 radical (unpaired) electrons. The molecule has 7 heteroatoms. The Labute approximate surface area is 160 Å². The summed E-state index contributed by atoms with van der Waals surface area (Å²) in [7, 11) is 0. The van der Waals surface area contributed by atoms with E-state index in [1.54, 1.807) is 18.3 Å². The van der Waals surface area contributed by atoms with Crippen LogP contribution in [0.5, 0.6) is 11.6 Å². The van der Waals surface area contributed by atoms with E-state index in [0.717, 1.165) is 16.7 Å². The summed E-state index contributed by atoms with van der Waals surface area (Å²) in [5.41, 5.74) is 9.03. The van der Waals surface area contributed by atoms with Gasteiger partial charge in [0.05, 0.1) is 0 Å². The molecule has 28 heavy (non-hydrogen) atoms. The van der Waals surface area contributed by atoms with Crippen molar-refractivity contribution in [1.29, 1.82) is 0 Å². The van der Waals surface area contributed by atoms with Gasteiger partial charge < -0.3 is 15.2 Å². The maximum Gasteiger partial charge on any atom is 0.422 e. The number of rotatable bonds is 7. The summed E-state index contributed by atoms with van der Waals surface area (Å²) in [6.07, 6.45) is -2.74. The van der Waals surface area contributed by atoms with Crippen molar-refractivity contribution in [3.8, 4) is 22.8 Å². The third-order valence-electron chi connectivity index (χ3n) is 3.98. The highest BCUT2D eigenvalue weighted by Gasteiger charge is 2.28. The van der Waals surface area contributed by atoms with Crippen LogP contribution in [0.3, 0.4) is 0 Å². The molecule has 0 fully saturated rings. The van der Waals surface area contributed by atoms with Gasteiger partial charge in [0.1, 0.15) is 12.4 Å². The summed E-state index contributed by atoms with van der Waals surface area (Å²) < 4.78 is 47.4. The topological polar surface area (TPSA) is 57.4 Å². The average molecular weight is 388 g/mol. The Morgan fingerprint density at radius 2 is 1.71 bits per heavy atom. The number of nitrogens with zero attached hydrogens (tertiary/aromatic N) is 1. The highest BCUT2D eigenvalue weighted by Crippen LogP contribution is 2.28. The fourth-order valence-corrected chi connectivity index (χ4v) is 2.63. The molecule has 3 rings (SSSR count). The molecule has 2 N–H and O–H groups in total. The van der Waals surface area contributed by atoms with Gasteiger partial charge in [0, 0.05) is 24.4 Å². The summed E-state index contributed by atoms with van der Waals surface area (Å²) in [6.45, 7) is -0.775. The van der Waals surface area contributed by atoms with Crippen LogP contribution in [0.1, 0.15) is 11.1 Å². The summed E-state index contributed by atoms with van der Waals surface area (Å²) in [5, 5.41) is 0. The van der Waals surface area contributed by atoms with Gasteiger partial charge in [-0.05, 0) is 34.9 Å². The average Bonchev–Trinajstić information content (AvgIpc) is 2.71. The van der Waals surface area contributed by atoms with Gasteiger partial charge in [-0.1, -0.05) is 36.4 Å². The SMILES string of the molecule is NCc1cc(OCC(F)(F)F)ccc1-c1ccc(OCc2ccccc2)nc1. The summed E-state index contributed by atoms with van der Waals surface area (Å²) in [5.74, 6) is 0.601. The van der Waals surface area contributed by atoms with E-state index in [9.17, 15) is 13.2 Å². The molecule has 0 aliphatic carbocycles. The van der Waals surface area contributed by atoms with Crippen LogP contribution in [0.25, 0.3) is 11.1 Å². The van der Waals surface area contributed by atoms with Crippen molar-refractivity contribution < 1.29 is 22.6 Å². The summed E-state index contributed by atoms with van der Waals surface area (Å²) >= 11 is 0. The molecule has 0 unspecified atom stereocenters. The summed E-state index contributed by atoms with van der Waals surface area (Å²) in [4.78, 5) is 4.29. The van der Waals surface area contributed by atoms with E-state index < -0.39 is 12.8 Å². The normalized spacial score (nSPS) is 11.3. The number of hydrogen-bond acceptors (Lipinski definition) is 4. The Morgan fingerprint density at radius 1 is 0.929 bits per heavy atom. The maximum atomic E-state index is 12.3. The first-order chi connectivity index (χ1) is 13.4. The molecule has 0 amide bonds. The number of ether oxygens (including phenoxy) is 2. The zero-order valence-electron chi connectivity index (χ0n) is 14.9. The minimum absolute atomic E-state index is 0.122. The van der Waals surface area contributed by atoms with E-state index in [-0.39, 0.29) is 12.3 Å². The van der Waals surface area contributed by atoms with E-state index in [2.05, 4.69) is 4.98 Å². The van der Waals surface area contributed by atoms with Crippen molar-refractivity contribution in [2.24, 2.45) is 5.73 Å². The number of halogens is 3. The lowest BCUT2D eigenvalue weighted by atomic mass is 10.0. The third-order valence-corrected chi connectivity index (χ3v) is 3.98. The highest BCUT2D eigenvalue weighted by atomic mass is 19.4. The lowest BCUT2D eigenvalue weighted by molar-refractivity contribution is -0.153.